The fraction of sp³-hybridized carbons (Fsp3) is 0.345. The molecule has 3 aromatic rings. The van der Waals surface area contributed by atoms with Crippen molar-refractivity contribution < 1.29 is 14.3 Å². The first-order valence-corrected chi connectivity index (χ1v) is 11.6. The number of carbonyl (C=O) groups excluding carboxylic acids is 1. The maximum absolute atomic E-state index is 13.1. The van der Waals surface area contributed by atoms with Gasteiger partial charge in [-0.25, -0.2) is 0 Å². The van der Waals surface area contributed by atoms with E-state index in [9.17, 15) is 4.79 Å². The predicted octanol–water partition coefficient (Wildman–Crippen LogP) is 6.95. The first-order chi connectivity index (χ1) is 15.8. The van der Waals surface area contributed by atoms with Gasteiger partial charge in [-0.3, -0.25) is 4.79 Å². The number of hydrogen-bond acceptors (Lipinski definition) is 3. The predicted molar refractivity (Wildman–Crippen MR) is 136 cm³/mol. The number of ether oxygens (including phenoxy) is 2. The summed E-state index contributed by atoms with van der Waals surface area (Å²) in [6, 6.07) is 19.8. The molecule has 4 nitrogen and oxygen atoms in total. The third kappa shape index (κ3) is 5.95. The van der Waals surface area contributed by atoms with Crippen molar-refractivity contribution in [1.29, 1.82) is 0 Å². The molecule has 174 valence electrons. The van der Waals surface area contributed by atoms with Crippen LogP contribution in [-0.2, 0) is 24.9 Å². The standard InChI is InChI=1S/C29H35NO3/c1-7-20-10-9-11-21(8-2)27(20)30-28(31)22-12-17-26(32-6)23(18-22)19-33-25-15-13-24(14-16-25)29(3,4)5/h9-18H,7-8,19H2,1-6H3,(H,30,31). The number of amides is 1. The zero-order valence-corrected chi connectivity index (χ0v) is 20.6. The van der Waals surface area contributed by atoms with Crippen LogP contribution in [0.5, 0.6) is 11.5 Å². The summed E-state index contributed by atoms with van der Waals surface area (Å²) in [6.45, 7) is 11.1. The number of methoxy groups -OCH3 is 1. The van der Waals surface area contributed by atoms with E-state index in [0.717, 1.165) is 41.0 Å². The van der Waals surface area contributed by atoms with Crippen molar-refractivity contribution in [1.82, 2.24) is 0 Å². The minimum atomic E-state index is -0.135. The van der Waals surface area contributed by atoms with Crippen LogP contribution < -0.4 is 14.8 Å². The molecule has 0 saturated carbocycles. The lowest BCUT2D eigenvalue weighted by atomic mass is 9.87. The van der Waals surface area contributed by atoms with Crippen LogP contribution in [0.3, 0.4) is 0 Å². The third-order valence-electron chi connectivity index (χ3n) is 5.89. The van der Waals surface area contributed by atoms with E-state index in [4.69, 9.17) is 9.47 Å². The van der Waals surface area contributed by atoms with E-state index in [1.807, 2.05) is 30.3 Å². The molecule has 0 bridgehead atoms. The molecule has 3 rings (SSSR count). The number of anilines is 1. The van der Waals surface area contributed by atoms with Gasteiger partial charge in [0.25, 0.3) is 5.91 Å². The maximum atomic E-state index is 13.1. The quantitative estimate of drug-likeness (QED) is 0.408. The number of aryl methyl sites for hydroxylation is 2. The molecule has 3 aromatic carbocycles. The smallest absolute Gasteiger partial charge is 0.255 e. The van der Waals surface area contributed by atoms with Crippen LogP contribution >= 0.6 is 0 Å². The first kappa shape index (κ1) is 24.4. The van der Waals surface area contributed by atoms with Crippen molar-refractivity contribution in [3.63, 3.8) is 0 Å². The Labute approximate surface area is 197 Å². The number of rotatable bonds is 8. The van der Waals surface area contributed by atoms with E-state index in [1.54, 1.807) is 13.2 Å². The second-order valence-electron chi connectivity index (χ2n) is 9.20. The average Bonchev–Trinajstić information content (AvgIpc) is 2.82. The van der Waals surface area contributed by atoms with Gasteiger partial charge < -0.3 is 14.8 Å². The number of carbonyl (C=O) groups is 1. The monoisotopic (exact) mass is 445 g/mol. The molecule has 0 unspecified atom stereocenters. The number of hydrogen-bond donors (Lipinski definition) is 1. The van der Waals surface area contributed by atoms with Gasteiger partial charge in [0.1, 0.15) is 18.1 Å². The van der Waals surface area contributed by atoms with Crippen LogP contribution in [0, 0.1) is 0 Å². The minimum absolute atomic E-state index is 0.0947. The summed E-state index contributed by atoms with van der Waals surface area (Å²) >= 11 is 0. The fourth-order valence-corrected chi connectivity index (χ4v) is 3.83. The Morgan fingerprint density at radius 3 is 2.06 bits per heavy atom. The molecule has 0 atom stereocenters. The lowest BCUT2D eigenvalue weighted by molar-refractivity contribution is 0.102. The summed E-state index contributed by atoms with van der Waals surface area (Å²) in [5.74, 6) is 1.34. The van der Waals surface area contributed by atoms with E-state index in [1.165, 1.54) is 5.56 Å². The average molecular weight is 446 g/mol. The van der Waals surface area contributed by atoms with E-state index >= 15 is 0 Å². The molecule has 0 spiro atoms. The van der Waals surface area contributed by atoms with Crippen LogP contribution in [0.4, 0.5) is 5.69 Å². The molecular formula is C29H35NO3. The van der Waals surface area contributed by atoms with Gasteiger partial charge in [-0.05, 0) is 65.3 Å². The van der Waals surface area contributed by atoms with E-state index in [0.29, 0.717) is 17.9 Å². The third-order valence-corrected chi connectivity index (χ3v) is 5.89. The molecule has 0 saturated heterocycles. The highest BCUT2D eigenvalue weighted by Gasteiger charge is 2.15. The second kappa shape index (κ2) is 10.6. The Balaban J connectivity index is 1.79. The van der Waals surface area contributed by atoms with Gasteiger partial charge in [0.15, 0.2) is 0 Å². The summed E-state index contributed by atoms with van der Waals surface area (Å²) in [5, 5.41) is 3.14. The fourth-order valence-electron chi connectivity index (χ4n) is 3.83. The lowest BCUT2D eigenvalue weighted by Crippen LogP contribution is -2.15. The molecule has 0 radical (unpaired) electrons. The molecule has 0 aliphatic rings. The Morgan fingerprint density at radius 2 is 1.52 bits per heavy atom. The second-order valence-corrected chi connectivity index (χ2v) is 9.20. The zero-order valence-electron chi connectivity index (χ0n) is 20.6. The van der Waals surface area contributed by atoms with Gasteiger partial charge in [-0.1, -0.05) is 65.0 Å². The van der Waals surface area contributed by atoms with E-state index in [2.05, 4.69) is 64.2 Å². The highest BCUT2D eigenvalue weighted by atomic mass is 16.5. The summed E-state index contributed by atoms with van der Waals surface area (Å²) in [5.41, 5.74) is 5.94. The molecule has 0 aliphatic heterocycles. The number of nitrogens with one attached hydrogen (secondary N) is 1. The largest absolute Gasteiger partial charge is 0.496 e. The number of benzene rings is 3. The van der Waals surface area contributed by atoms with Gasteiger partial charge in [-0.2, -0.15) is 0 Å². The summed E-state index contributed by atoms with van der Waals surface area (Å²) in [4.78, 5) is 13.1. The summed E-state index contributed by atoms with van der Waals surface area (Å²) < 4.78 is 11.5. The van der Waals surface area contributed by atoms with Crippen LogP contribution in [0.2, 0.25) is 0 Å². The van der Waals surface area contributed by atoms with Crippen LogP contribution in [0.15, 0.2) is 60.7 Å². The molecule has 0 aromatic heterocycles. The molecule has 4 heteroatoms. The van der Waals surface area contributed by atoms with Gasteiger partial charge in [0.05, 0.1) is 7.11 Å². The van der Waals surface area contributed by atoms with Crippen molar-refractivity contribution in [3.8, 4) is 11.5 Å². The molecule has 1 amide bonds. The molecule has 0 heterocycles. The Bertz CT molecular complexity index is 1070. The van der Waals surface area contributed by atoms with Crippen molar-refractivity contribution in [2.75, 3.05) is 12.4 Å². The Morgan fingerprint density at radius 1 is 0.879 bits per heavy atom. The van der Waals surface area contributed by atoms with Gasteiger partial charge >= 0.3 is 0 Å². The van der Waals surface area contributed by atoms with Crippen molar-refractivity contribution >= 4 is 11.6 Å². The van der Waals surface area contributed by atoms with Crippen molar-refractivity contribution in [3.05, 3.63) is 88.5 Å². The van der Waals surface area contributed by atoms with E-state index in [-0.39, 0.29) is 11.3 Å². The molecule has 0 aliphatic carbocycles. The number of para-hydroxylation sites is 1. The van der Waals surface area contributed by atoms with Crippen LogP contribution in [-0.4, -0.2) is 13.0 Å². The minimum Gasteiger partial charge on any atom is -0.496 e. The highest BCUT2D eigenvalue weighted by Crippen LogP contribution is 2.27. The van der Waals surface area contributed by atoms with Crippen LogP contribution in [0.1, 0.15) is 67.2 Å². The zero-order chi connectivity index (χ0) is 24.0. The van der Waals surface area contributed by atoms with Gasteiger partial charge in [0.2, 0.25) is 0 Å². The Hall–Kier alpha value is -3.27. The maximum Gasteiger partial charge on any atom is 0.255 e. The first-order valence-electron chi connectivity index (χ1n) is 11.6. The van der Waals surface area contributed by atoms with Crippen molar-refractivity contribution in [2.24, 2.45) is 0 Å². The topological polar surface area (TPSA) is 47.6 Å². The molecule has 1 N–H and O–H groups in total. The Kier molecular flexibility index (Phi) is 7.80. The van der Waals surface area contributed by atoms with Crippen molar-refractivity contribution in [2.45, 2.75) is 59.5 Å². The van der Waals surface area contributed by atoms with Gasteiger partial charge in [-0.15, -0.1) is 0 Å². The molecule has 0 fully saturated rings. The molecular weight excluding hydrogens is 410 g/mol. The van der Waals surface area contributed by atoms with Crippen LogP contribution in [0.25, 0.3) is 0 Å². The van der Waals surface area contributed by atoms with Gasteiger partial charge in [0, 0.05) is 16.8 Å². The highest BCUT2D eigenvalue weighted by molar-refractivity contribution is 6.05. The SMILES string of the molecule is CCc1cccc(CC)c1NC(=O)c1ccc(OC)c(COc2ccc(C(C)(C)C)cc2)c1. The lowest BCUT2D eigenvalue weighted by Gasteiger charge is -2.19. The normalized spacial score (nSPS) is 11.2. The molecule has 33 heavy (non-hydrogen) atoms. The summed E-state index contributed by atoms with van der Waals surface area (Å²) in [7, 11) is 1.63. The van der Waals surface area contributed by atoms with E-state index < -0.39 is 0 Å². The summed E-state index contributed by atoms with van der Waals surface area (Å²) in [6.07, 6.45) is 1.72.